The van der Waals surface area contributed by atoms with E-state index in [-0.39, 0.29) is 17.9 Å². The van der Waals surface area contributed by atoms with Gasteiger partial charge < -0.3 is 5.32 Å². The molecule has 2 unspecified atom stereocenters. The maximum atomic E-state index is 13.4. The van der Waals surface area contributed by atoms with Gasteiger partial charge in [-0.25, -0.2) is 8.78 Å². The van der Waals surface area contributed by atoms with Crippen molar-refractivity contribution in [2.24, 2.45) is 0 Å². The van der Waals surface area contributed by atoms with Gasteiger partial charge in [-0.1, -0.05) is 6.08 Å². The number of hydrogen-bond acceptors (Lipinski definition) is 1. The molecule has 0 bridgehead atoms. The van der Waals surface area contributed by atoms with Gasteiger partial charge in [-0.15, -0.1) is 6.58 Å². The highest BCUT2D eigenvalue weighted by Gasteiger charge is 2.13. The van der Waals surface area contributed by atoms with Gasteiger partial charge in [-0.3, -0.25) is 0 Å². The molecule has 1 rings (SSSR count). The maximum absolute atomic E-state index is 13.4. The van der Waals surface area contributed by atoms with Gasteiger partial charge in [0.2, 0.25) is 0 Å². The van der Waals surface area contributed by atoms with Crippen LogP contribution >= 0.6 is 0 Å². The van der Waals surface area contributed by atoms with Crippen molar-refractivity contribution < 1.29 is 8.78 Å². The largest absolute Gasteiger partial charge is 0.307 e. The molecule has 2 atom stereocenters. The second-order valence-electron chi connectivity index (χ2n) is 3.98. The maximum Gasteiger partial charge on any atom is 0.128 e. The summed E-state index contributed by atoms with van der Waals surface area (Å²) >= 11 is 0. The molecule has 3 heteroatoms. The van der Waals surface area contributed by atoms with E-state index in [1.54, 1.807) is 6.08 Å². The zero-order valence-electron chi connectivity index (χ0n) is 9.63. The molecule has 1 N–H and O–H groups in total. The second kappa shape index (κ2) is 5.75. The normalized spacial score (nSPS) is 14.5. The van der Waals surface area contributed by atoms with Crippen molar-refractivity contribution in [3.63, 3.8) is 0 Å². The fraction of sp³-hybridized carbons (Fsp3) is 0.385. The minimum absolute atomic E-state index is 0.190. The van der Waals surface area contributed by atoms with E-state index in [4.69, 9.17) is 0 Å². The van der Waals surface area contributed by atoms with Gasteiger partial charge >= 0.3 is 0 Å². The van der Waals surface area contributed by atoms with Crippen molar-refractivity contribution in [3.05, 3.63) is 48.1 Å². The van der Waals surface area contributed by atoms with Crippen LogP contribution in [0, 0.1) is 11.6 Å². The number of rotatable bonds is 5. The van der Waals surface area contributed by atoms with E-state index in [0.717, 1.165) is 18.6 Å². The Morgan fingerprint density at radius 2 is 2.06 bits per heavy atom. The van der Waals surface area contributed by atoms with E-state index in [2.05, 4.69) is 11.9 Å². The third-order valence-corrected chi connectivity index (χ3v) is 2.48. The van der Waals surface area contributed by atoms with Gasteiger partial charge in [0.25, 0.3) is 0 Å². The molecule has 0 aromatic heterocycles. The first-order valence-corrected chi connectivity index (χ1v) is 5.36. The summed E-state index contributed by atoms with van der Waals surface area (Å²) < 4.78 is 26.4. The lowest BCUT2D eigenvalue weighted by Crippen LogP contribution is -2.29. The molecule has 88 valence electrons. The molecule has 1 aromatic carbocycles. The Bertz CT molecular complexity index is 363. The molecular formula is C13H17F2N. The van der Waals surface area contributed by atoms with Crippen molar-refractivity contribution >= 4 is 0 Å². The predicted octanol–water partition coefficient (Wildman–Crippen LogP) is 3.58. The summed E-state index contributed by atoms with van der Waals surface area (Å²) in [6.45, 7) is 7.44. The Hall–Kier alpha value is -1.22. The van der Waals surface area contributed by atoms with Gasteiger partial charge in [-0.05, 0) is 38.5 Å². The van der Waals surface area contributed by atoms with Crippen molar-refractivity contribution in [2.75, 3.05) is 0 Å². The summed E-state index contributed by atoms with van der Waals surface area (Å²) in [5, 5.41) is 3.19. The van der Waals surface area contributed by atoms with Crippen molar-refractivity contribution in [1.29, 1.82) is 0 Å². The average Bonchev–Trinajstić information content (AvgIpc) is 2.21. The molecule has 0 aliphatic heterocycles. The van der Waals surface area contributed by atoms with Gasteiger partial charge in [0.05, 0.1) is 0 Å². The highest BCUT2D eigenvalue weighted by Crippen LogP contribution is 2.18. The zero-order valence-corrected chi connectivity index (χ0v) is 9.63. The Balaban J connectivity index is 2.75. The van der Waals surface area contributed by atoms with Crippen LogP contribution in [0.15, 0.2) is 30.9 Å². The van der Waals surface area contributed by atoms with Crippen LogP contribution in [0.25, 0.3) is 0 Å². The van der Waals surface area contributed by atoms with Crippen LogP contribution in [-0.4, -0.2) is 6.04 Å². The quantitative estimate of drug-likeness (QED) is 0.755. The molecule has 0 fully saturated rings. The van der Waals surface area contributed by atoms with Crippen molar-refractivity contribution in [2.45, 2.75) is 32.4 Å². The molecule has 1 aromatic rings. The third-order valence-electron chi connectivity index (χ3n) is 2.48. The van der Waals surface area contributed by atoms with E-state index in [0.29, 0.717) is 5.56 Å². The first kappa shape index (κ1) is 12.8. The van der Waals surface area contributed by atoms with E-state index in [1.165, 1.54) is 6.07 Å². The predicted molar refractivity (Wildman–Crippen MR) is 62.2 cm³/mol. The fourth-order valence-electron chi connectivity index (χ4n) is 1.68. The van der Waals surface area contributed by atoms with E-state index < -0.39 is 5.82 Å². The molecular weight excluding hydrogens is 208 g/mol. The summed E-state index contributed by atoms with van der Waals surface area (Å²) in [5.74, 6) is -0.798. The summed E-state index contributed by atoms with van der Waals surface area (Å²) in [4.78, 5) is 0. The first-order valence-electron chi connectivity index (χ1n) is 5.36. The minimum Gasteiger partial charge on any atom is -0.307 e. The van der Waals surface area contributed by atoms with Gasteiger partial charge in [0.1, 0.15) is 11.6 Å². The Morgan fingerprint density at radius 1 is 1.38 bits per heavy atom. The molecule has 16 heavy (non-hydrogen) atoms. The summed E-state index contributed by atoms with van der Waals surface area (Å²) in [6.07, 6.45) is 2.59. The standard InChI is InChI=1S/C13H17F2N/c1-4-5-9(2)16-10(3)12-8-11(14)6-7-13(12)15/h4,6-10,16H,1,5H2,2-3H3. The molecule has 0 saturated carbocycles. The van der Waals surface area contributed by atoms with Crippen LogP contribution in [0.4, 0.5) is 8.78 Å². The molecule has 0 radical (unpaired) electrons. The zero-order chi connectivity index (χ0) is 12.1. The van der Waals surface area contributed by atoms with E-state index >= 15 is 0 Å². The molecule has 0 aliphatic carbocycles. The molecule has 0 amide bonds. The van der Waals surface area contributed by atoms with E-state index in [9.17, 15) is 8.78 Å². The Kier molecular flexibility index (Phi) is 4.62. The van der Waals surface area contributed by atoms with Crippen LogP contribution in [-0.2, 0) is 0 Å². The van der Waals surface area contributed by atoms with Crippen LogP contribution in [0.1, 0.15) is 31.9 Å². The molecule has 0 spiro atoms. The highest BCUT2D eigenvalue weighted by molar-refractivity contribution is 5.21. The number of halogens is 2. The van der Waals surface area contributed by atoms with Crippen LogP contribution in [0.5, 0.6) is 0 Å². The van der Waals surface area contributed by atoms with Crippen LogP contribution in [0.3, 0.4) is 0 Å². The summed E-state index contributed by atoms with van der Waals surface area (Å²) in [7, 11) is 0. The Morgan fingerprint density at radius 3 is 2.69 bits per heavy atom. The molecule has 0 saturated heterocycles. The number of nitrogens with one attached hydrogen (secondary N) is 1. The fourth-order valence-corrected chi connectivity index (χ4v) is 1.68. The van der Waals surface area contributed by atoms with E-state index in [1.807, 2.05) is 13.8 Å². The average molecular weight is 225 g/mol. The lowest BCUT2D eigenvalue weighted by molar-refractivity contribution is 0.461. The van der Waals surface area contributed by atoms with Gasteiger partial charge in [-0.2, -0.15) is 0 Å². The van der Waals surface area contributed by atoms with Crippen molar-refractivity contribution in [1.82, 2.24) is 5.32 Å². The highest BCUT2D eigenvalue weighted by atomic mass is 19.1. The minimum atomic E-state index is -0.415. The molecule has 0 heterocycles. The Labute approximate surface area is 95.2 Å². The smallest absolute Gasteiger partial charge is 0.128 e. The molecule has 0 aliphatic rings. The monoisotopic (exact) mass is 225 g/mol. The third kappa shape index (κ3) is 3.42. The SMILES string of the molecule is C=CCC(C)NC(C)c1cc(F)ccc1F. The summed E-state index contributed by atoms with van der Waals surface area (Å²) in [5.41, 5.74) is 0.357. The lowest BCUT2D eigenvalue weighted by atomic mass is 10.1. The molecule has 1 nitrogen and oxygen atoms in total. The first-order chi connectivity index (χ1) is 7.54. The number of benzene rings is 1. The topological polar surface area (TPSA) is 12.0 Å². The van der Waals surface area contributed by atoms with Crippen LogP contribution in [0.2, 0.25) is 0 Å². The lowest BCUT2D eigenvalue weighted by Gasteiger charge is -2.19. The summed E-state index contributed by atoms with van der Waals surface area (Å²) in [6, 6.07) is 3.48. The van der Waals surface area contributed by atoms with Gasteiger partial charge in [0.15, 0.2) is 0 Å². The second-order valence-corrected chi connectivity index (χ2v) is 3.98. The van der Waals surface area contributed by atoms with Crippen molar-refractivity contribution in [3.8, 4) is 0 Å². The van der Waals surface area contributed by atoms with Gasteiger partial charge in [0, 0.05) is 17.6 Å². The number of hydrogen-bond donors (Lipinski definition) is 1. The van der Waals surface area contributed by atoms with Crippen LogP contribution < -0.4 is 5.32 Å².